The first-order valence-corrected chi connectivity index (χ1v) is 7.92. The normalized spacial score (nSPS) is 20.3. The fraction of sp³-hybridized carbons (Fsp3) is 0.533. The van der Waals surface area contributed by atoms with E-state index in [0.717, 1.165) is 5.56 Å². The number of rotatable bonds is 4. The molecule has 2 heterocycles. The number of ether oxygens (including phenoxy) is 1. The Bertz CT molecular complexity index is 575. The van der Waals surface area contributed by atoms with Crippen LogP contribution in [0.25, 0.3) is 6.08 Å². The monoisotopic (exact) mass is 324 g/mol. The molecule has 1 N–H and O–H groups in total. The van der Waals surface area contributed by atoms with Crippen molar-refractivity contribution in [1.29, 1.82) is 0 Å². The fourth-order valence-electron chi connectivity index (χ4n) is 2.03. The van der Waals surface area contributed by atoms with Crippen molar-refractivity contribution in [1.82, 2.24) is 0 Å². The number of thiophene rings is 1. The van der Waals surface area contributed by atoms with Crippen molar-refractivity contribution >= 4 is 30.5 Å². The molecule has 0 bridgehead atoms. The Morgan fingerprint density at radius 1 is 1.36 bits per heavy atom. The first-order chi connectivity index (χ1) is 10.2. The molecule has 0 aliphatic carbocycles. The molecule has 1 aromatic heterocycles. The highest BCUT2D eigenvalue weighted by molar-refractivity contribution is 7.12. The van der Waals surface area contributed by atoms with Gasteiger partial charge in [-0.15, -0.1) is 11.3 Å². The maximum atomic E-state index is 11.5. The quantitative estimate of drug-likeness (QED) is 0.681. The zero-order valence-corrected chi connectivity index (χ0v) is 14.3. The van der Waals surface area contributed by atoms with E-state index in [1.807, 2.05) is 33.1 Å². The summed E-state index contributed by atoms with van der Waals surface area (Å²) >= 11 is 1.29. The van der Waals surface area contributed by atoms with Crippen molar-refractivity contribution in [2.45, 2.75) is 38.9 Å². The Morgan fingerprint density at radius 3 is 2.45 bits per heavy atom. The van der Waals surface area contributed by atoms with E-state index >= 15 is 0 Å². The third-order valence-electron chi connectivity index (χ3n) is 4.10. The smallest absolute Gasteiger partial charge is 0.465 e. The first kappa shape index (κ1) is 17.2. The molecule has 1 aromatic rings. The predicted molar refractivity (Wildman–Crippen MR) is 86.8 cm³/mol. The zero-order chi connectivity index (χ0) is 16.5. The van der Waals surface area contributed by atoms with Crippen LogP contribution in [0.15, 0.2) is 16.9 Å². The molecular weight excluding hydrogens is 303 g/mol. The number of hydrogen-bond acceptors (Lipinski definition) is 6. The van der Waals surface area contributed by atoms with Gasteiger partial charge in [0.15, 0.2) is 0 Å². The average Bonchev–Trinajstić information content (AvgIpc) is 2.98. The molecule has 2 rings (SSSR count). The van der Waals surface area contributed by atoms with E-state index in [-0.39, 0.29) is 12.6 Å². The molecular formula is C15H21BO5S. The van der Waals surface area contributed by atoms with Crippen molar-refractivity contribution in [2.75, 3.05) is 13.7 Å². The molecule has 0 radical (unpaired) electrons. The van der Waals surface area contributed by atoms with E-state index in [9.17, 15) is 9.90 Å². The third-order valence-corrected chi connectivity index (χ3v) is 5.03. The summed E-state index contributed by atoms with van der Waals surface area (Å²) in [5.41, 5.74) is 0.507. The summed E-state index contributed by atoms with van der Waals surface area (Å²) in [4.78, 5) is 12.0. The molecule has 1 fully saturated rings. The molecule has 0 spiro atoms. The van der Waals surface area contributed by atoms with Gasteiger partial charge in [0.05, 0.1) is 24.9 Å². The molecule has 1 saturated heterocycles. The van der Waals surface area contributed by atoms with Gasteiger partial charge in [-0.05, 0) is 50.2 Å². The summed E-state index contributed by atoms with van der Waals surface area (Å²) in [6.07, 6.45) is 1.78. The predicted octanol–water partition coefficient (Wildman–Crippen LogP) is 2.54. The Labute approximate surface area is 135 Å². The van der Waals surface area contributed by atoms with E-state index in [4.69, 9.17) is 9.31 Å². The highest BCUT2D eigenvalue weighted by Gasteiger charge is 2.52. The SMILES string of the molecule is COC(=O)c1cc(C=C(CO)B2OC(C)(C)C(C)(C)O2)cs1. The molecule has 0 amide bonds. The van der Waals surface area contributed by atoms with Gasteiger partial charge in [-0.3, -0.25) is 0 Å². The average molecular weight is 324 g/mol. The van der Waals surface area contributed by atoms with Crippen LogP contribution < -0.4 is 0 Å². The lowest BCUT2D eigenvalue weighted by Gasteiger charge is -2.32. The summed E-state index contributed by atoms with van der Waals surface area (Å²) in [7, 11) is 0.748. The van der Waals surface area contributed by atoms with Gasteiger partial charge in [-0.2, -0.15) is 0 Å². The molecule has 120 valence electrons. The molecule has 0 atom stereocenters. The van der Waals surface area contributed by atoms with Crippen LogP contribution in [0, 0.1) is 0 Å². The van der Waals surface area contributed by atoms with E-state index in [1.165, 1.54) is 18.4 Å². The van der Waals surface area contributed by atoms with Gasteiger partial charge in [0.25, 0.3) is 0 Å². The Hall–Kier alpha value is -1.15. The molecule has 0 unspecified atom stereocenters. The van der Waals surface area contributed by atoms with Crippen LogP contribution in [0.3, 0.4) is 0 Å². The number of esters is 1. The Balaban J connectivity index is 2.22. The van der Waals surface area contributed by atoms with Gasteiger partial charge in [0.2, 0.25) is 0 Å². The molecule has 0 saturated carbocycles. The number of carbonyl (C=O) groups is 1. The highest BCUT2D eigenvalue weighted by Crippen LogP contribution is 2.38. The minimum Gasteiger partial charge on any atom is -0.465 e. The van der Waals surface area contributed by atoms with Crippen LogP contribution in [0.1, 0.15) is 42.9 Å². The molecule has 0 aromatic carbocycles. The lowest BCUT2D eigenvalue weighted by molar-refractivity contribution is 0.00578. The van der Waals surface area contributed by atoms with E-state index in [1.54, 1.807) is 12.1 Å². The minimum atomic E-state index is -0.600. The maximum Gasteiger partial charge on any atom is 0.492 e. The Morgan fingerprint density at radius 2 is 1.95 bits per heavy atom. The van der Waals surface area contributed by atoms with Crippen LogP contribution in [-0.2, 0) is 14.0 Å². The third kappa shape index (κ3) is 3.27. The maximum absolute atomic E-state index is 11.5. The number of carbonyl (C=O) groups excluding carboxylic acids is 1. The summed E-state index contributed by atoms with van der Waals surface area (Å²) in [5.74, 6) is -0.370. The standard InChI is InChI=1S/C15H21BO5S/c1-14(2)15(3,4)21-16(20-14)11(8-17)6-10-7-12(22-9-10)13(18)19-5/h6-7,9,17H,8H2,1-5H3. The lowest BCUT2D eigenvalue weighted by atomic mass is 9.78. The van der Waals surface area contributed by atoms with Crippen LogP contribution in [-0.4, -0.2) is 43.1 Å². The van der Waals surface area contributed by atoms with Crippen LogP contribution in [0.5, 0.6) is 0 Å². The number of aliphatic hydroxyl groups excluding tert-OH is 1. The van der Waals surface area contributed by atoms with Gasteiger partial charge in [0.1, 0.15) is 4.88 Å². The minimum absolute atomic E-state index is 0.180. The number of aliphatic hydroxyl groups is 1. The van der Waals surface area contributed by atoms with Crippen LogP contribution in [0.2, 0.25) is 0 Å². The molecule has 1 aliphatic heterocycles. The molecule has 1 aliphatic rings. The summed E-state index contributed by atoms with van der Waals surface area (Å²) in [6, 6.07) is 1.72. The van der Waals surface area contributed by atoms with Crippen molar-refractivity contribution < 1.29 is 23.9 Å². The fourth-order valence-corrected chi connectivity index (χ4v) is 2.81. The molecule has 5 nitrogen and oxygen atoms in total. The Kier molecular flexibility index (Phi) is 4.82. The van der Waals surface area contributed by atoms with Gasteiger partial charge in [-0.1, -0.05) is 6.08 Å². The lowest BCUT2D eigenvalue weighted by Crippen LogP contribution is -2.41. The largest absolute Gasteiger partial charge is 0.492 e. The topological polar surface area (TPSA) is 65.0 Å². The van der Waals surface area contributed by atoms with Crippen LogP contribution >= 0.6 is 11.3 Å². The van der Waals surface area contributed by atoms with E-state index in [2.05, 4.69) is 4.74 Å². The van der Waals surface area contributed by atoms with Gasteiger partial charge < -0.3 is 19.2 Å². The van der Waals surface area contributed by atoms with Gasteiger partial charge >= 0.3 is 13.1 Å². The second-order valence-corrected chi connectivity index (χ2v) is 7.11. The van der Waals surface area contributed by atoms with Crippen molar-refractivity contribution in [3.8, 4) is 0 Å². The number of hydrogen-bond donors (Lipinski definition) is 1. The summed E-state index contributed by atoms with van der Waals surface area (Å²) < 4.78 is 16.5. The van der Waals surface area contributed by atoms with E-state index < -0.39 is 18.3 Å². The number of methoxy groups -OCH3 is 1. The van der Waals surface area contributed by atoms with Gasteiger partial charge in [-0.25, -0.2) is 4.79 Å². The first-order valence-electron chi connectivity index (χ1n) is 7.04. The highest BCUT2D eigenvalue weighted by atomic mass is 32.1. The van der Waals surface area contributed by atoms with Crippen molar-refractivity contribution in [2.24, 2.45) is 0 Å². The van der Waals surface area contributed by atoms with Crippen LogP contribution in [0.4, 0.5) is 0 Å². The summed E-state index contributed by atoms with van der Waals surface area (Å²) in [6.45, 7) is 7.66. The van der Waals surface area contributed by atoms with E-state index in [0.29, 0.717) is 10.3 Å². The van der Waals surface area contributed by atoms with Crippen molar-refractivity contribution in [3.63, 3.8) is 0 Å². The summed E-state index contributed by atoms with van der Waals surface area (Å²) in [5, 5.41) is 11.5. The van der Waals surface area contributed by atoms with Crippen molar-refractivity contribution in [3.05, 3.63) is 27.4 Å². The van der Waals surface area contributed by atoms with Gasteiger partial charge in [0, 0.05) is 0 Å². The molecule has 7 heteroatoms. The molecule has 22 heavy (non-hydrogen) atoms. The second kappa shape index (κ2) is 6.16. The second-order valence-electron chi connectivity index (χ2n) is 6.20. The zero-order valence-electron chi connectivity index (χ0n) is 13.5.